The van der Waals surface area contributed by atoms with E-state index in [0.717, 1.165) is 6.42 Å². The van der Waals surface area contributed by atoms with Gasteiger partial charge in [-0.1, -0.05) is 34.1 Å². The van der Waals surface area contributed by atoms with Gasteiger partial charge in [0.15, 0.2) is 8.32 Å². The number of hydrogen-bond acceptors (Lipinski definition) is 4. The van der Waals surface area contributed by atoms with Gasteiger partial charge in [-0.3, -0.25) is 9.59 Å². The fourth-order valence-electron chi connectivity index (χ4n) is 3.83. The summed E-state index contributed by atoms with van der Waals surface area (Å²) in [7, 11) is -2.37. The SMILES string of the molecule is [2H]C([2H])(CO[Si](C)(C)C(C)(C)C)C([2H])([2H])C([2H])([2H])CC(=O)CC[C@@H]1[C@H]2CC(=O)O[C@H]2C[C@H]1C. The minimum Gasteiger partial charge on any atom is -0.462 e. The number of hydrogen-bond donors (Lipinski definition) is 0. The van der Waals surface area contributed by atoms with Crippen molar-refractivity contribution in [1.29, 1.82) is 0 Å². The molecule has 0 amide bonds. The second kappa shape index (κ2) is 9.21. The van der Waals surface area contributed by atoms with Crippen LogP contribution in [0.5, 0.6) is 0 Å². The summed E-state index contributed by atoms with van der Waals surface area (Å²) >= 11 is 0. The van der Waals surface area contributed by atoms with Crippen molar-refractivity contribution in [1.82, 2.24) is 0 Å². The number of ketones is 1. The van der Waals surface area contributed by atoms with E-state index >= 15 is 0 Å². The first-order valence-corrected chi connectivity index (χ1v) is 13.0. The van der Waals surface area contributed by atoms with Gasteiger partial charge in [-0.15, -0.1) is 0 Å². The molecule has 1 saturated heterocycles. The Labute approximate surface area is 175 Å². The second-order valence-corrected chi connectivity index (χ2v) is 14.4. The summed E-state index contributed by atoms with van der Waals surface area (Å²) < 4.78 is 60.8. The highest BCUT2D eigenvalue weighted by molar-refractivity contribution is 6.74. The maximum Gasteiger partial charge on any atom is 0.306 e. The lowest BCUT2D eigenvalue weighted by molar-refractivity contribution is -0.141. The van der Waals surface area contributed by atoms with Gasteiger partial charge in [-0.25, -0.2) is 0 Å². The zero-order valence-electron chi connectivity index (χ0n) is 23.7. The van der Waals surface area contributed by atoms with Crippen molar-refractivity contribution in [2.45, 2.75) is 103 Å². The third kappa shape index (κ3) is 6.15. The summed E-state index contributed by atoms with van der Waals surface area (Å²) in [6.07, 6.45) is -7.33. The van der Waals surface area contributed by atoms with Crippen LogP contribution in [0.3, 0.4) is 0 Å². The van der Waals surface area contributed by atoms with Gasteiger partial charge in [0.25, 0.3) is 0 Å². The molecular weight excluding hydrogens is 356 g/mol. The monoisotopic (exact) mass is 402 g/mol. The topological polar surface area (TPSA) is 52.6 Å². The van der Waals surface area contributed by atoms with Crippen molar-refractivity contribution >= 4 is 20.1 Å². The summed E-state index contributed by atoms with van der Waals surface area (Å²) in [5.41, 5.74) is 0. The van der Waals surface area contributed by atoms with Crippen LogP contribution in [0.4, 0.5) is 0 Å². The Morgan fingerprint density at radius 1 is 1.26 bits per heavy atom. The molecule has 1 saturated carbocycles. The molecule has 27 heavy (non-hydrogen) atoms. The number of carbonyl (C=O) groups is 2. The van der Waals surface area contributed by atoms with Crippen LogP contribution in [0.25, 0.3) is 0 Å². The Balaban J connectivity index is 1.99. The minimum absolute atomic E-state index is 0.0749. The highest BCUT2D eigenvalue weighted by atomic mass is 28.4. The summed E-state index contributed by atoms with van der Waals surface area (Å²) in [5.74, 6) is -0.126. The van der Waals surface area contributed by atoms with Gasteiger partial charge in [0.05, 0.1) is 6.42 Å². The molecule has 1 aliphatic carbocycles. The second-order valence-electron chi connectivity index (χ2n) is 9.55. The summed E-state index contributed by atoms with van der Waals surface area (Å²) in [6, 6.07) is 0. The molecule has 0 aromatic carbocycles. The van der Waals surface area contributed by atoms with E-state index in [1.807, 2.05) is 33.9 Å². The lowest BCUT2D eigenvalue weighted by Gasteiger charge is -2.36. The fraction of sp³-hybridized carbons (Fsp3) is 0.909. The van der Waals surface area contributed by atoms with Crippen molar-refractivity contribution in [2.75, 3.05) is 6.61 Å². The molecule has 0 spiro atoms. The van der Waals surface area contributed by atoms with E-state index in [0.29, 0.717) is 18.8 Å². The molecule has 4 atom stereocenters. The van der Waals surface area contributed by atoms with E-state index in [1.54, 1.807) is 0 Å². The number of ether oxygens (including phenoxy) is 1. The van der Waals surface area contributed by atoms with E-state index in [1.165, 1.54) is 0 Å². The zero-order valence-corrected chi connectivity index (χ0v) is 18.7. The first-order chi connectivity index (χ1) is 14.7. The normalized spacial score (nSPS) is 33.2. The van der Waals surface area contributed by atoms with E-state index in [9.17, 15) is 9.59 Å². The molecule has 2 aliphatic rings. The number of fused-ring (bicyclic) bond motifs is 1. The smallest absolute Gasteiger partial charge is 0.306 e. The van der Waals surface area contributed by atoms with Crippen molar-refractivity contribution in [3.63, 3.8) is 0 Å². The molecule has 4 nitrogen and oxygen atoms in total. The van der Waals surface area contributed by atoms with Crippen molar-refractivity contribution in [2.24, 2.45) is 17.8 Å². The minimum atomic E-state index is -2.92. The number of Topliss-reactive ketones (excluding diaryl/α,β-unsaturated/α-hetero) is 1. The van der Waals surface area contributed by atoms with Crippen LogP contribution in [0.1, 0.15) is 87.1 Å². The van der Waals surface area contributed by atoms with E-state index in [4.69, 9.17) is 17.4 Å². The van der Waals surface area contributed by atoms with Crippen LogP contribution in [-0.4, -0.2) is 32.8 Å². The summed E-state index contributed by atoms with van der Waals surface area (Å²) in [5, 5.41) is -0.198. The van der Waals surface area contributed by atoms with Gasteiger partial charge in [0.1, 0.15) is 11.9 Å². The number of carbonyl (C=O) groups excluding carboxylic acids is 2. The molecule has 5 heteroatoms. The largest absolute Gasteiger partial charge is 0.462 e. The Morgan fingerprint density at radius 2 is 1.96 bits per heavy atom. The van der Waals surface area contributed by atoms with Crippen LogP contribution in [-0.2, 0) is 18.8 Å². The molecule has 1 aliphatic heterocycles. The average Bonchev–Trinajstić information content (AvgIpc) is 3.11. The maximum absolute atomic E-state index is 12.6. The summed E-state index contributed by atoms with van der Waals surface area (Å²) in [4.78, 5) is 24.2. The third-order valence-corrected chi connectivity index (χ3v) is 11.1. The predicted molar refractivity (Wildman–Crippen MR) is 111 cm³/mol. The van der Waals surface area contributed by atoms with Gasteiger partial charge < -0.3 is 9.16 Å². The molecular formula is C22H40O4Si. The Morgan fingerprint density at radius 3 is 2.63 bits per heavy atom. The Kier molecular flexibility index (Phi) is 5.18. The molecule has 2 fully saturated rings. The standard InChI is InChI=1S/C22H40O4Si/c1-16-14-20-19(15-21(24)26-20)18(16)12-11-17(23)10-8-7-9-13-25-27(5,6)22(2,3)4/h16,18-20H,7-15H2,1-6H3/t16-,18+,19-,20+/m1/s1/i7D2,8D2,9D2. The molecule has 0 bridgehead atoms. The molecule has 1 heterocycles. The van der Waals surface area contributed by atoms with Gasteiger partial charge in [0.2, 0.25) is 0 Å². The maximum atomic E-state index is 12.6. The van der Waals surface area contributed by atoms with E-state index in [2.05, 4.69) is 6.92 Å². The van der Waals surface area contributed by atoms with Crippen LogP contribution >= 0.6 is 0 Å². The van der Waals surface area contributed by atoms with Gasteiger partial charge in [0, 0.05) is 33.6 Å². The highest BCUT2D eigenvalue weighted by Crippen LogP contribution is 2.46. The van der Waals surface area contributed by atoms with Crippen molar-refractivity contribution in [3.05, 3.63) is 0 Å². The highest BCUT2D eigenvalue weighted by Gasteiger charge is 2.48. The first kappa shape index (κ1) is 15.2. The molecule has 0 unspecified atom stereocenters. The fourth-order valence-corrected chi connectivity index (χ4v) is 4.70. The van der Waals surface area contributed by atoms with Gasteiger partial charge in [-0.05, 0) is 55.6 Å². The summed E-state index contributed by atoms with van der Waals surface area (Å²) in [6.45, 7) is 11.3. The van der Waals surface area contributed by atoms with Crippen molar-refractivity contribution < 1.29 is 27.0 Å². The Bertz CT molecular complexity index is 750. The average molecular weight is 403 g/mol. The van der Waals surface area contributed by atoms with Gasteiger partial charge >= 0.3 is 5.97 Å². The lowest BCUT2D eigenvalue weighted by atomic mass is 9.84. The Hall–Kier alpha value is -0.683. The number of esters is 1. The van der Waals surface area contributed by atoms with Crippen LogP contribution in [0.2, 0.25) is 18.1 Å². The van der Waals surface area contributed by atoms with Crippen LogP contribution in [0, 0.1) is 17.8 Å². The molecule has 2 rings (SSSR count). The molecule has 0 radical (unpaired) electrons. The third-order valence-electron chi connectivity index (χ3n) is 6.58. The number of rotatable bonds is 10. The van der Waals surface area contributed by atoms with Crippen molar-refractivity contribution in [3.8, 4) is 0 Å². The molecule has 0 aromatic heterocycles. The lowest BCUT2D eigenvalue weighted by Crippen LogP contribution is -2.40. The van der Waals surface area contributed by atoms with Gasteiger partial charge in [-0.2, -0.15) is 0 Å². The quantitative estimate of drug-likeness (QED) is 0.357. The first-order valence-electron chi connectivity index (χ1n) is 13.1. The van der Waals surface area contributed by atoms with Crippen LogP contribution < -0.4 is 0 Å². The van der Waals surface area contributed by atoms with E-state index in [-0.39, 0.29) is 35.4 Å². The molecule has 156 valence electrons. The van der Waals surface area contributed by atoms with E-state index < -0.39 is 46.2 Å². The van der Waals surface area contributed by atoms with Crippen LogP contribution in [0.15, 0.2) is 0 Å². The zero-order chi connectivity index (χ0) is 25.6. The molecule has 0 N–H and O–H groups in total. The molecule has 0 aromatic rings. The predicted octanol–water partition coefficient (Wildman–Crippen LogP) is 5.51.